The molecule has 0 amide bonds. The van der Waals surface area contributed by atoms with Crippen molar-refractivity contribution in [1.29, 1.82) is 0 Å². The number of nitrogen functional groups attached to an aromatic ring is 2. The van der Waals surface area contributed by atoms with Crippen molar-refractivity contribution in [3.8, 4) is 10.6 Å². The number of aromatic nitrogens is 2. The van der Waals surface area contributed by atoms with Gasteiger partial charge >= 0.3 is 0 Å². The zero-order chi connectivity index (χ0) is 22.3. The second-order valence-electron chi connectivity index (χ2n) is 6.84. The highest BCUT2D eigenvalue weighted by Crippen LogP contribution is 2.29. The Hall–Kier alpha value is -2.22. The quantitative estimate of drug-likeness (QED) is 0.252. The van der Waals surface area contributed by atoms with Gasteiger partial charge in [0.15, 0.2) is 3.92 Å². The molecule has 7 heteroatoms. The Kier molecular flexibility index (Phi) is 10.9. The van der Waals surface area contributed by atoms with Crippen LogP contribution in [0.4, 0.5) is 11.4 Å². The normalized spacial score (nSPS) is 9.61. The Morgan fingerprint density at radius 1 is 0.742 bits per heavy atom. The average Bonchev–Trinajstić information content (AvgIpc) is 3.30. The maximum absolute atomic E-state index is 5.84. The minimum absolute atomic E-state index is 0. The van der Waals surface area contributed by atoms with Crippen LogP contribution < -0.4 is 11.5 Å². The molecule has 0 spiro atoms. The molecule has 4 aromatic rings. The van der Waals surface area contributed by atoms with Gasteiger partial charge in [0.05, 0.1) is 0 Å². The summed E-state index contributed by atoms with van der Waals surface area (Å²) in [6.45, 7) is 10.1. The fourth-order valence-electron chi connectivity index (χ4n) is 2.46. The van der Waals surface area contributed by atoms with E-state index in [-0.39, 0.29) is 7.43 Å². The van der Waals surface area contributed by atoms with Crippen LogP contribution in [-0.4, -0.2) is 9.97 Å². The Labute approximate surface area is 202 Å². The van der Waals surface area contributed by atoms with Crippen molar-refractivity contribution in [2.75, 3.05) is 11.5 Å². The highest BCUT2D eigenvalue weighted by atomic mass is 79.9. The summed E-state index contributed by atoms with van der Waals surface area (Å²) in [7, 11) is 0. The molecule has 2 heterocycles. The summed E-state index contributed by atoms with van der Waals surface area (Å²) in [5, 5.41) is 5.11. The molecule has 4 N–H and O–H groups in total. The zero-order valence-corrected chi connectivity index (χ0v) is 21.1. The van der Waals surface area contributed by atoms with E-state index in [1.807, 2.05) is 57.3 Å². The summed E-state index contributed by atoms with van der Waals surface area (Å²) in [4.78, 5) is 8.49. The third kappa shape index (κ3) is 8.09. The topological polar surface area (TPSA) is 77.8 Å². The van der Waals surface area contributed by atoms with E-state index in [0.29, 0.717) is 0 Å². The van der Waals surface area contributed by atoms with Crippen LogP contribution in [0.2, 0.25) is 0 Å². The molecule has 0 atom stereocenters. The van der Waals surface area contributed by atoms with Gasteiger partial charge in [-0.2, -0.15) is 0 Å². The number of rotatable bonds is 1. The van der Waals surface area contributed by atoms with Gasteiger partial charge in [-0.3, -0.25) is 0 Å². The maximum atomic E-state index is 5.84. The second-order valence-corrected chi connectivity index (χ2v) is 9.84. The molecule has 4 rings (SSSR count). The van der Waals surface area contributed by atoms with Crippen molar-refractivity contribution < 1.29 is 0 Å². The standard InChI is InChI=1S/C11H12N2S.C8H11N.C4H4BrNS.CH4/c1-7-6-14-11(13-7)9-4-3-5-10(12)8(9)2;1-6-4-3-5-8(9)7(6)2;1-3-2-7-4(5)6-3;/h3-6H,12H2,1-2H3;3-5H,9H2,1-2H3;2H,1H3;1H4. The van der Waals surface area contributed by atoms with Crippen LogP contribution in [0.5, 0.6) is 0 Å². The highest BCUT2D eigenvalue weighted by Gasteiger charge is 2.06. The van der Waals surface area contributed by atoms with Gasteiger partial charge in [-0.05, 0) is 79.4 Å². The molecule has 0 saturated heterocycles. The smallest absolute Gasteiger partial charge is 0.159 e. The van der Waals surface area contributed by atoms with Crippen molar-refractivity contribution in [3.05, 3.63) is 79.2 Å². The SMILES string of the molecule is C.Cc1cccc(N)c1C.Cc1csc(-c2cccc(N)c2C)n1.Cc1csc(Br)n1. The number of halogens is 1. The third-order valence-electron chi connectivity index (χ3n) is 4.46. The van der Waals surface area contributed by atoms with Gasteiger partial charge in [-0.1, -0.05) is 31.7 Å². The summed E-state index contributed by atoms with van der Waals surface area (Å²) in [6, 6.07) is 11.9. The maximum Gasteiger partial charge on any atom is 0.159 e. The summed E-state index contributed by atoms with van der Waals surface area (Å²) in [5.41, 5.74) is 20.0. The molecular weight excluding hydrogens is 488 g/mol. The van der Waals surface area contributed by atoms with Gasteiger partial charge in [0.2, 0.25) is 0 Å². The first-order chi connectivity index (χ1) is 14.2. The average molecular weight is 520 g/mol. The lowest BCUT2D eigenvalue weighted by molar-refractivity contribution is 1.24. The van der Waals surface area contributed by atoms with E-state index in [1.165, 1.54) is 11.1 Å². The minimum Gasteiger partial charge on any atom is -0.399 e. The summed E-state index contributed by atoms with van der Waals surface area (Å²) < 4.78 is 0.963. The number of thiazole rings is 2. The van der Waals surface area contributed by atoms with Crippen LogP contribution in [-0.2, 0) is 0 Å². The predicted octanol–water partition coefficient (Wildman–Crippen LogP) is 7.74. The number of hydrogen-bond donors (Lipinski definition) is 2. The van der Waals surface area contributed by atoms with E-state index in [1.54, 1.807) is 22.7 Å². The summed E-state index contributed by atoms with van der Waals surface area (Å²) in [6.07, 6.45) is 0. The van der Waals surface area contributed by atoms with Gasteiger partial charge in [0.1, 0.15) is 5.01 Å². The van der Waals surface area contributed by atoms with E-state index in [2.05, 4.69) is 50.3 Å². The lowest BCUT2D eigenvalue weighted by Crippen LogP contribution is -1.91. The molecule has 2 aromatic carbocycles. The predicted molar refractivity (Wildman–Crippen MR) is 143 cm³/mol. The molecule has 0 bridgehead atoms. The number of nitrogens with two attached hydrogens (primary N) is 2. The van der Waals surface area contributed by atoms with E-state index in [0.717, 1.165) is 42.8 Å². The monoisotopic (exact) mass is 518 g/mol. The molecule has 0 aliphatic rings. The Morgan fingerprint density at radius 2 is 1.29 bits per heavy atom. The lowest BCUT2D eigenvalue weighted by atomic mass is 10.1. The second kappa shape index (κ2) is 12.6. The first-order valence-corrected chi connectivity index (χ1v) is 11.9. The molecule has 0 radical (unpaired) electrons. The van der Waals surface area contributed by atoms with E-state index in [4.69, 9.17) is 11.5 Å². The van der Waals surface area contributed by atoms with Crippen molar-refractivity contribution >= 4 is 50.0 Å². The number of benzene rings is 2. The lowest BCUT2D eigenvalue weighted by Gasteiger charge is -2.04. The number of nitrogens with zero attached hydrogens (tertiary/aromatic N) is 2. The molecule has 31 heavy (non-hydrogen) atoms. The molecule has 4 nitrogen and oxygen atoms in total. The Bertz CT molecular complexity index is 1070. The number of aryl methyl sites for hydroxylation is 3. The summed E-state index contributed by atoms with van der Waals surface area (Å²) in [5.74, 6) is 0. The van der Waals surface area contributed by atoms with Crippen LogP contribution in [0, 0.1) is 34.6 Å². The first kappa shape index (κ1) is 26.8. The largest absolute Gasteiger partial charge is 0.399 e. The van der Waals surface area contributed by atoms with Crippen LogP contribution >= 0.6 is 38.6 Å². The Morgan fingerprint density at radius 3 is 1.71 bits per heavy atom. The first-order valence-electron chi connectivity index (χ1n) is 9.36. The van der Waals surface area contributed by atoms with E-state index < -0.39 is 0 Å². The zero-order valence-electron chi connectivity index (χ0n) is 17.9. The number of anilines is 2. The van der Waals surface area contributed by atoms with Crippen molar-refractivity contribution in [3.63, 3.8) is 0 Å². The minimum atomic E-state index is 0. The molecule has 0 aliphatic carbocycles. The van der Waals surface area contributed by atoms with Crippen molar-refractivity contribution in [2.24, 2.45) is 0 Å². The van der Waals surface area contributed by atoms with Crippen LogP contribution in [0.3, 0.4) is 0 Å². The van der Waals surface area contributed by atoms with Crippen LogP contribution in [0.15, 0.2) is 51.1 Å². The molecule has 2 aromatic heterocycles. The molecular formula is C24H31BrN4S2. The van der Waals surface area contributed by atoms with Crippen molar-refractivity contribution in [1.82, 2.24) is 9.97 Å². The van der Waals surface area contributed by atoms with Crippen LogP contribution in [0.25, 0.3) is 10.6 Å². The van der Waals surface area contributed by atoms with Gasteiger partial charge in [0.25, 0.3) is 0 Å². The highest BCUT2D eigenvalue weighted by molar-refractivity contribution is 9.11. The van der Waals surface area contributed by atoms with Crippen LogP contribution in [0.1, 0.15) is 35.5 Å². The third-order valence-corrected chi connectivity index (χ3v) is 6.94. The van der Waals surface area contributed by atoms with Gasteiger partial charge in [-0.15, -0.1) is 22.7 Å². The summed E-state index contributed by atoms with van der Waals surface area (Å²) >= 11 is 6.51. The van der Waals surface area contributed by atoms with Gasteiger partial charge < -0.3 is 11.5 Å². The number of hydrogen-bond acceptors (Lipinski definition) is 6. The van der Waals surface area contributed by atoms with E-state index >= 15 is 0 Å². The molecule has 0 saturated carbocycles. The molecule has 166 valence electrons. The van der Waals surface area contributed by atoms with Crippen molar-refractivity contribution in [2.45, 2.75) is 42.0 Å². The molecule has 0 fully saturated rings. The van der Waals surface area contributed by atoms with Gasteiger partial charge in [-0.25, -0.2) is 9.97 Å². The Balaban J connectivity index is 0.000000245. The molecule has 0 unspecified atom stereocenters. The fraction of sp³-hybridized carbons (Fsp3) is 0.250. The van der Waals surface area contributed by atoms with E-state index in [9.17, 15) is 0 Å². The molecule has 0 aliphatic heterocycles. The fourth-order valence-corrected chi connectivity index (χ4v) is 4.42. The van der Waals surface area contributed by atoms with Gasteiger partial charge in [0, 0.05) is 39.1 Å².